The topological polar surface area (TPSA) is 0 Å². The van der Waals surface area contributed by atoms with E-state index < -0.39 is 0 Å². The Morgan fingerprint density at radius 2 is 2.25 bits per heavy atom. The number of halogens is 2. The van der Waals surface area contributed by atoms with Crippen molar-refractivity contribution in [1.29, 1.82) is 0 Å². The van der Waals surface area contributed by atoms with Crippen LogP contribution < -0.4 is 0 Å². The van der Waals surface area contributed by atoms with Gasteiger partial charge in [-0.05, 0) is 58.0 Å². The Balaban J connectivity index is 2.94. The summed E-state index contributed by atoms with van der Waals surface area (Å²) in [5.74, 6) is -0.0819. The van der Waals surface area contributed by atoms with Gasteiger partial charge in [0.1, 0.15) is 5.82 Å². The van der Waals surface area contributed by atoms with Crippen molar-refractivity contribution in [2.24, 2.45) is 0 Å². The summed E-state index contributed by atoms with van der Waals surface area (Å²) >= 11 is 3.68. The molecular formula is C9H6FIS. The van der Waals surface area contributed by atoms with E-state index in [0.29, 0.717) is 3.57 Å². The zero-order valence-electron chi connectivity index (χ0n) is 6.40. The molecule has 0 fully saturated rings. The molecule has 62 valence electrons. The van der Waals surface area contributed by atoms with E-state index >= 15 is 0 Å². The van der Waals surface area contributed by atoms with Gasteiger partial charge in [-0.2, -0.15) is 0 Å². The van der Waals surface area contributed by atoms with Crippen LogP contribution in [-0.2, 0) is 0 Å². The molecule has 0 saturated heterocycles. The van der Waals surface area contributed by atoms with Gasteiger partial charge >= 0.3 is 0 Å². The fraction of sp³-hybridized carbons (Fsp3) is 0.111. The van der Waals surface area contributed by atoms with E-state index in [4.69, 9.17) is 0 Å². The summed E-state index contributed by atoms with van der Waals surface area (Å²) in [5.41, 5.74) is 0.762. The second kappa shape index (κ2) is 2.96. The summed E-state index contributed by atoms with van der Waals surface area (Å²) in [6, 6.07) is 3.86. The zero-order valence-corrected chi connectivity index (χ0v) is 9.37. The summed E-state index contributed by atoms with van der Waals surface area (Å²) in [6.07, 6.45) is 0. The van der Waals surface area contributed by atoms with Crippen molar-refractivity contribution < 1.29 is 4.39 Å². The number of hydrogen-bond acceptors (Lipinski definition) is 1. The molecule has 2 aromatic rings. The molecule has 0 aliphatic carbocycles. The largest absolute Gasteiger partial charge is 0.206 e. The molecule has 1 heterocycles. The van der Waals surface area contributed by atoms with Crippen molar-refractivity contribution in [1.82, 2.24) is 0 Å². The molecule has 12 heavy (non-hydrogen) atoms. The van der Waals surface area contributed by atoms with E-state index in [1.165, 1.54) is 4.70 Å². The lowest BCUT2D eigenvalue weighted by Crippen LogP contribution is -1.86. The molecule has 0 amide bonds. The maximum Gasteiger partial charge on any atom is 0.140 e. The van der Waals surface area contributed by atoms with Crippen LogP contribution in [0.15, 0.2) is 17.5 Å². The van der Waals surface area contributed by atoms with Crippen LogP contribution in [0.4, 0.5) is 4.39 Å². The molecular weight excluding hydrogens is 286 g/mol. The Labute approximate surface area is 87.5 Å². The lowest BCUT2D eigenvalue weighted by molar-refractivity contribution is 0.614. The fourth-order valence-corrected chi connectivity index (χ4v) is 3.03. The van der Waals surface area contributed by atoms with E-state index in [1.54, 1.807) is 11.3 Å². The summed E-state index contributed by atoms with van der Waals surface area (Å²) in [6.45, 7) is 1.83. The maximum atomic E-state index is 13.3. The average molecular weight is 292 g/mol. The first-order valence-electron chi connectivity index (χ1n) is 3.52. The van der Waals surface area contributed by atoms with Crippen molar-refractivity contribution in [3.05, 3.63) is 32.5 Å². The van der Waals surface area contributed by atoms with E-state index in [-0.39, 0.29) is 5.82 Å². The van der Waals surface area contributed by atoms with Crippen molar-refractivity contribution >= 4 is 44.0 Å². The number of aryl methyl sites for hydroxylation is 1. The summed E-state index contributed by atoms with van der Waals surface area (Å²) in [7, 11) is 0. The van der Waals surface area contributed by atoms with E-state index in [0.717, 1.165) is 10.9 Å². The Hall–Kier alpha value is -0.160. The SMILES string of the molecule is Cc1c(F)c(I)cc2sccc12. The number of thiophene rings is 1. The molecule has 1 aromatic carbocycles. The standard InChI is InChI=1S/C9H6FIS/c1-5-6-2-3-12-8(6)4-7(11)9(5)10/h2-4H,1H3. The van der Waals surface area contributed by atoms with Gasteiger partial charge in [0.05, 0.1) is 3.57 Å². The van der Waals surface area contributed by atoms with Crippen molar-refractivity contribution in [2.45, 2.75) is 6.92 Å². The molecule has 3 heteroatoms. The summed E-state index contributed by atoms with van der Waals surface area (Å²) in [5, 5.41) is 3.03. The van der Waals surface area contributed by atoms with Crippen LogP contribution in [0.5, 0.6) is 0 Å². The predicted octanol–water partition coefficient (Wildman–Crippen LogP) is 3.95. The van der Waals surface area contributed by atoms with Gasteiger partial charge in [-0.1, -0.05) is 0 Å². The van der Waals surface area contributed by atoms with Gasteiger partial charge < -0.3 is 0 Å². The van der Waals surface area contributed by atoms with Crippen LogP contribution in [0.3, 0.4) is 0 Å². The molecule has 0 saturated carbocycles. The van der Waals surface area contributed by atoms with Crippen LogP contribution in [0.2, 0.25) is 0 Å². The van der Waals surface area contributed by atoms with Crippen molar-refractivity contribution in [2.75, 3.05) is 0 Å². The fourth-order valence-electron chi connectivity index (χ4n) is 1.22. The Morgan fingerprint density at radius 3 is 3.00 bits per heavy atom. The van der Waals surface area contributed by atoms with Crippen LogP contribution in [0.1, 0.15) is 5.56 Å². The van der Waals surface area contributed by atoms with Crippen molar-refractivity contribution in [3.8, 4) is 0 Å². The first kappa shape index (κ1) is 8.44. The van der Waals surface area contributed by atoms with Crippen LogP contribution in [0, 0.1) is 16.3 Å². The molecule has 0 radical (unpaired) electrons. The third-order valence-electron chi connectivity index (χ3n) is 1.90. The monoisotopic (exact) mass is 292 g/mol. The quantitative estimate of drug-likeness (QED) is 0.645. The number of rotatable bonds is 0. The molecule has 0 spiro atoms. The Kier molecular flexibility index (Phi) is 2.08. The number of fused-ring (bicyclic) bond motifs is 1. The van der Waals surface area contributed by atoms with E-state index in [9.17, 15) is 4.39 Å². The average Bonchev–Trinajstić information content (AvgIpc) is 2.48. The molecule has 0 aliphatic heterocycles. The minimum absolute atomic E-state index is 0.0819. The maximum absolute atomic E-state index is 13.3. The van der Waals surface area contributed by atoms with Gasteiger partial charge in [0.15, 0.2) is 0 Å². The van der Waals surface area contributed by atoms with Crippen LogP contribution in [-0.4, -0.2) is 0 Å². The molecule has 1 aromatic heterocycles. The van der Waals surface area contributed by atoms with Gasteiger partial charge in [0.2, 0.25) is 0 Å². The van der Waals surface area contributed by atoms with Crippen molar-refractivity contribution in [3.63, 3.8) is 0 Å². The molecule has 0 unspecified atom stereocenters. The Morgan fingerprint density at radius 1 is 1.50 bits per heavy atom. The second-order valence-corrected chi connectivity index (χ2v) is 4.74. The summed E-state index contributed by atoms with van der Waals surface area (Å²) < 4.78 is 15.2. The lowest BCUT2D eigenvalue weighted by Gasteiger charge is -2.00. The molecule has 2 rings (SSSR count). The highest BCUT2D eigenvalue weighted by molar-refractivity contribution is 14.1. The van der Waals surface area contributed by atoms with Gasteiger partial charge in [-0.15, -0.1) is 11.3 Å². The Bertz CT molecular complexity index is 433. The highest BCUT2D eigenvalue weighted by Crippen LogP contribution is 2.28. The lowest BCUT2D eigenvalue weighted by atomic mass is 10.1. The first-order valence-corrected chi connectivity index (χ1v) is 5.48. The molecule has 0 atom stereocenters. The highest BCUT2D eigenvalue weighted by Gasteiger charge is 2.07. The van der Waals surface area contributed by atoms with Gasteiger partial charge in [0.25, 0.3) is 0 Å². The summed E-state index contributed by atoms with van der Waals surface area (Å²) in [4.78, 5) is 0. The number of benzene rings is 1. The van der Waals surface area contributed by atoms with Gasteiger partial charge in [-0.3, -0.25) is 0 Å². The van der Waals surface area contributed by atoms with E-state index in [1.807, 2.05) is 47.0 Å². The van der Waals surface area contributed by atoms with Crippen LogP contribution >= 0.6 is 33.9 Å². The minimum atomic E-state index is -0.0819. The molecule has 0 N–H and O–H groups in total. The third kappa shape index (κ3) is 1.15. The molecule has 0 aliphatic rings. The minimum Gasteiger partial charge on any atom is -0.206 e. The zero-order chi connectivity index (χ0) is 8.72. The predicted molar refractivity (Wildman–Crippen MR) is 59.2 cm³/mol. The molecule has 0 bridgehead atoms. The van der Waals surface area contributed by atoms with E-state index in [2.05, 4.69) is 0 Å². The third-order valence-corrected chi connectivity index (χ3v) is 3.54. The normalized spacial score (nSPS) is 10.9. The van der Waals surface area contributed by atoms with Crippen LogP contribution in [0.25, 0.3) is 10.1 Å². The molecule has 0 nitrogen and oxygen atoms in total. The first-order chi connectivity index (χ1) is 5.70. The van der Waals surface area contributed by atoms with Gasteiger partial charge in [0, 0.05) is 4.70 Å². The second-order valence-electron chi connectivity index (χ2n) is 2.63. The smallest absolute Gasteiger partial charge is 0.140 e. The number of hydrogen-bond donors (Lipinski definition) is 0. The highest BCUT2D eigenvalue weighted by atomic mass is 127. The van der Waals surface area contributed by atoms with Gasteiger partial charge in [-0.25, -0.2) is 4.39 Å².